The fraction of sp³-hybridized carbons (Fsp3) is 0.409. The molecule has 1 aliphatic carbocycles. The van der Waals surface area contributed by atoms with Gasteiger partial charge in [-0.3, -0.25) is 14.2 Å². The Kier molecular flexibility index (Phi) is 6.74. The standard InChI is InChI=1S/C22H22Cl2N2O4/c1-12-16(11-25)21(28)26(15-6-4-3-5-7-15)22(29)19(12)20(27)13(2)30-18-9-8-14(23)10-17(18)24/h8-10,13,15,29H,3-7H2,1-2H3. The van der Waals surface area contributed by atoms with Crippen LogP contribution >= 0.6 is 23.2 Å². The Morgan fingerprint density at radius 2 is 1.97 bits per heavy atom. The van der Waals surface area contributed by atoms with Gasteiger partial charge in [0.2, 0.25) is 11.7 Å². The molecule has 8 heteroatoms. The molecular formula is C22H22Cl2N2O4. The normalized spacial score (nSPS) is 15.4. The summed E-state index contributed by atoms with van der Waals surface area (Å²) in [5.74, 6) is -0.691. The van der Waals surface area contributed by atoms with Crippen LogP contribution in [-0.2, 0) is 0 Å². The van der Waals surface area contributed by atoms with Gasteiger partial charge in [0.05, 0.1) is 10.6 Å². The molecule has 0 radical (unpaired) electrons. The van der Waals surface area contributed by atoms with Crippen LogP contribution < -0.4 is 10.3 Å². The van der Waals surface area contributed by atoms with Gasteiger partial charge >= 0.3 is 0 Å². The maximum Gasteiger partial charge on any atom is 0.271 e. The molecular weight excluding hydrogens is 427 g/mol. The maximum absolute atomic E-state index is 13.2. The van der Waals surface area contributed by atoms with E-state index < -0.39 is 23.3 Å². The first-order chi connectivity index (χ1) is 14.3. The largest absolute Gasteiger partial charge is 0.494 e. The molecule has 0 aliphatic heterocycles. The highest BCUT2D eigenvalue weighted by Crippen LogP contribution is 2.34. The maximum atomic E-state index is 13.2. The first-order valence-electron chi connectivity index (χ1n) is 9.80. The molecule has 6 nitrogen and oxygen atoms in total. The minimum atomic E-state index is -1.02. The number of carbonyl (C=O) groups excluding carboxylic acids is 1. The van der Waals surface area contributed by atoms with E-state index in [0.717, 1.165) is 19.3 Å². The van der Waals surface area contributed by atoms with E-state index in [0.29, 0.717) is 17.9 Å². The molecule has 0 saturated heterocycles. The number of nitrogens with zero attached hydrogens (tertiary/aromatic N) is 2. The Bertz CT molecular complexity index is 1080. The number of hydrogen-bond acceptors (Lipinski definition) is 5. The number of ether oxygens (including phenoxy) is 1. The smallest absolute Gasteiger partial charge is 0.271 e. The second kappa shape index (κ2) is 9.11. The van der Waals surface area contributed by atoms with Crippen LogP contribution in [0.2, 0.25) is 10.0 Å². The molecule has 1 aromatic heterocycles. The van der Waals surface area contributed by atoms with Crippen LogP contribution in [0.15, 0.2) is 23.0 Å². The summed E-state index contributed by atoms with van der Waals surface area (Å²) in [6, 6.07) is 6.28. The van der Waals surface area contributed by atoms with Gasteiger partial charge in [0, 0.05) is 11.1 Å². The number of Topliss-reactive ketones (excluding diaryl/α,β-unsaturated/α-hetero) is 1. The average Bonchev–Trinajstić information content (AvgIpc) is 2.71. The van der Waals surface area contributed by atoms with E-state index in [4.69, 9.17) is 27.9 Å². The van der Waals surface area contributed by atoms with Gasteiger partial charge in [0.15, 0.2) is 6.10 Å². The summed E-state index contributed by atoms with van der Waals surface area (Å²) in [4.78, 5) is 26.1. The first kappa shape index (κ1) is 22.2. The van der Waals surface area contributed by atoms with E-state index in [1.54, 1.807) is 12.1 Å². The molecule has 1 fully saturated rings. The Morgan fingerprint density at radius 3 is 2.57 bits per heavy atom. The molecule has 1 atom stereocenters. The Hall–Kier alpha value is -2.49. The van der Waals surface area contributed by atoms with Crippen molar-refractivity contribution in [1.29, 1.82) is 5.26 Å². The molecule has 1 heterocycles. The number of carbonyl (C=O) groups is 1. The fourth-order valence-electron chi connectivity index (χ4n) is 3.91. The fourth-order valence-corrected chi connectivity index (χ4v) is 4.37. The summed E-state index contributed by atoms with van der Waals surface area (Å²) >= 11 is 12.0. The minimum absolute atomic E-state index is 0.0747. The summed E-state index contributed by atoms with van der Waals surface area (Å²) < 4.78 is 6.90. The van der Waals surface area contributed by atoms with Gasteiger partial charge in [-0.05, 0) is 50.5 Å². The van der Waals surface area contributed by atoms with Crippen LogP contribution in [0.4, 0.5) is 0 Å². The van der Waals surface area contributed by atoms with Crippen molar-refractivity contribution in [2.45, 2.75) is 58.1 Å². The topological polar surface area (TPSA) is 92.3 Å². The zero-order chi connectivity index (χ0) is 22.0. The van der Waals surface area contributed by atoms with Crippen molar-refractivity contribution in [3.8, 4) is 17.7 Å². The molecule has 3 rings (SSSR count). The molecule has 0 spiro atoms. The van der Waals surface area contributed by atoms with Crippen molar-refractivity contribution in [3.63, 3.8) is 0 Å². The lowest BCUT2D eigenvalue weighted by Gasteiger charge is -2.27. The number of aromatic nitrogens is 1. The van der Waals surface area contributed by atoms with Crippen LogP contribution in [0.5, 0.6) is 11.6 Å². The number of hydrogen-bond donors (Lipinski definition) is 1. The van der Waals surface area contributed by atoms with Gasteiger partial charge in [-0.25, -0.2) is 0 Å². The zero-order valence-electron chi connectivity index (χ0n) is 16.7. The van der Waals surface area contributed by atoms with Crippen molar-refractivity contribution in [2.24, 2.45) is 0 Å². The molecule has 0 amide bonds. The van der Waals surface area contributed by atoms with Crippen LogP contribution in [0.25, 0.3) is 0 Å². The van der Waals surface area contributed by atoms with Crippen LogP contribution in [-0.4, -0.2) is 21.6 Å². The number of rotatable bonds is 5. The van der Waals surface area contributed by atoms with Gasteiger partial charge in [-0.15, -0.1) is 0 Å². The van der Waals surface area contributed by atoms with Gasteiger partial charge in [0.1, 0.15) is 17.4 Å². The van der Waals surface area contributed by atoms with Crippen LogP contribution in [0, 0.1) is 18.3 Å². The van der Waals surface area contributed by atoms with E-state index in [-0.39, 0.29) is 33.5 Å². The van der Waals surface area contributed by atoms with E-state index in [9.17, 15) is 20.0 Å². The van der Waals surface area contributed by atoms with E-state index in [1.165, 1.54) is 24.5 Å². The predicted molar refractivity (Wildman–Crippen MR) is 115 cm³/mol. The summed E-state index contributed by atoms with van der Waals surface area (Å²) in [5.41, 5.74) is -0.632. The summed E-state index contributed by atoms with van der Waals surface area (Å²) in [5, 5.41) is 21.1. The third-order valence-electron chi connectivity index (χ3n) is 5.50. The number of aromatic hydroxyl groups is 1. The molecule has 1 saturated carbocycles. The highest BCUT2D eigenvalue weighted by Gasteiger charge is 2.31. The van der Waals surface area contributed by atoms with Crippen molar-refractivity contribution in [1.82, 2.24) is 4.57 Å². The molecule has 2 aromatic rings. The molecule has 1 aliphatic rings. The lowest BCUT2D eigenvalue weighted by Crippen LogP contribution is -2.33. The minimum Gasteiger partial charge on any atom is -0.494 e. The predicted octanol–water partition coefficient (Wildman–Crippen LogP) is 5.20. The average molecular weight is 449 g/mol. The number of ketones is 1. The number of halogens is 2. The van der Waals surface area contributed by atoms with Gasteiger partial charge in [0.25, 0.3) is 5.56 Å². The summed E-state index contributed by atoms with van der Waals surface area (Å²) in [6.07, 6.45) is 3.30. The van der Waals surface area contributed by atoms with Crippen molar-refractivity contribution >= 4 is 29.0 Å². The SMILES string of the molecule is Cc1c(C(=O)C(C)Oc2ccc(Cl)cc2Cl)c(O)n(C2CCCCC2)c(=O)c1C#N. The lowest BCUT2D eigenvalue weighted by atomic mass is 9.93. The van der Waals surface area contributed by atoms with E-state index in [2.05, 4.69) is 0 Å². The Morgan fingerprint density at radius 1 is 1.30 bits per heavy atom. The third-order valence-corrected chi connectivity index (χ3v) is 6.03. The van der Waals surface area contributed by atoms with Crippen LogP contribution in [0.3, 0.4) is 0 Å². The number of nitriles is 1. The Balaban J connectivity index is 2.04. The molecule has 0 bridgehead atoms. The highest BCUT2D eigenvalue weighted by molar-refractivity contribution is 6.35. The van der Waals surface area contributed by atoms with Crippen molar-refractivity contribution in [3.05, 3.63) is 55.3 Å². The second-order valence-electron chi connectivity index (χ2n) is 7.48. The monoisotopic (exact) mass is 448 g/mol. The second-order valence-corrected chi connectivity index (χ2v) is 8.32. The molecule has 30 heavy (non-hydrogen) atoms. The number of benzene rings is 1. The van der Waals surface area contributed by atoms with Crippen molar-refractivity contribution in [2.75, 3.05) is 0 Å². The Labute approximate surface area is 184 Å². The number of pyridine rings is 1. The van der Waals surface area contributed by atoms with Crippen molar-refractivity contribution < 1.29 is 14.6 Å². The highest BCUT2D eigenvalue weighted by atomic mass is 35.5. The quantitative estimate of drug-likeness (QED) is 0.634. The van der Waals surface area contributed by atoms with Gasteiger partial charge in [-0.1, -0.05) is 42.5 Å². The van der Waals surface area contributed by atoms with E-state index in [1.807, 2.05) is 6.07 Å². The third kappa shape index (κ3) is 4.19. The van der Waals surface area contributed by atoms with E-state index >= 15 is 0 Å². The van der Waals surface area contributed by atoms with Gasteiger partial charge < -0.3 is 9.84 Å². The first-order valence-corrected chi connectivity index (χ1v) is 10.6. The molecule has 158 valence electrons. The zero-order valence-corrected chi connectivity index (χ0v) is 18.3. The molecule has 1 aromatic carbocycles. The van der Waals surface area contributed by atoms with Crippen LogP contribution in [0.1, 0.15) is 66.6 Å². The molecule has 1 N–H and O–H groups in total. The summed E-state index contributed by atoms with van der Waals surface area (Å²) in [7, 11) is 0. The molecule has 1 unspecified atom stereocenters. The van der Waals surface area contributed by atoms with Gasteiger partial charge in [-0.2, -0.15) is 5.26 Å². The summed E-state index contributed by atoms with van der Waals surface area (Å²) in [6.45, 7) is 3.01. The lowest BCUT2D eigenvalue weighted by molar-refractivity contribution is 0.0812.